The van der Waals surface area contributed by atoms with Crippen LogP contribution in [-0.4, -0.2) is 23.7 Å². The van der Waals surface area contributed by atoms with E-state index in [1.165, 1.54) is 4.90 Å². The zero-order valence-electron chi connectivity index (χ0n) is 16.0. The smallest absolute Gasteiger partial charge is 0.248 e. The number of ether oxygens (including phenoxy) is 1. The van der Waals surface area contributed by atoms with E-state index in [1.807, 2.05) is 19.1 Å². The lowest BCUT2D eigenvalue weighted by Crippen LogP contribution is -2.33. The largest absolute Gasteiger partial charge is 0.494 e. The molecule has 3 unspecified atom stereocenters. The van der Waals surface area contributed by atoms with Crippen LogP contribution < -0.4 is 15.4 Å². The molecule has 0 aliphatic carbocycles. The van der Waals surface area contributed by atoms with Crippen LogP contribution in [0.1, 0.15) is 18.4 Å². The quantitative estimate of drug-likeness (QED) is 0.727. The Morgan fingerprint density at radius 2 is 1.80 bits per heavy atom. The Labute approximate surface area is 183 Å². The highest BCUT2D eigenvalue weighted by Gasteiger charge is 2.56. The van der Waals surface area contributed by atoms with E-state index < -0.39 is 17.1 Å². The number of imide groups is 1. The summed E-state index contributed by atoms with van der Waals surface area (Å²) in [5, 5.41) is 9.86. The number of fused-ring (bicyclic) bond motifs is 1. The van der Waals surface area contributed by atoms with Gasteiger partial charge in [0.1, 0.15) is 11.0 Å². The molecule has 30 heavy (non-hydrogen) atoms. The second-order valence-electron chi connectivity index (χ2n) is 6.92. The van der Waals surface area contributed by atoms with Crippen molar-refractivity contribution in [1.82, 2.24) is 0 Å². The Bertz CT molecular complexity index is 1080. The van der Waals surface area contributed by atoms with Crippen molar-refractivity contribution in [3.63, 3.8) is 0 Å². The number of carbonyl (C=O) groups excluding carboxylic acids is 2. The molecular weight excluding hydrogens is 422 g/mol. The maximum absolute atomic E-state index is 13.4. The number of halogens is 1. The number of amides is 2. The third kappa shape index (κ3) is 3.32. The summed E-state index contributed by atoms with van der Waals surface area (Å²) in [6.45, 7) is 2.42. The van der Waals surface area contributed by atoms with Gasteiger partial charge < -0.3 is 10.5 Å². The first kappa shape index (κ1) is 20.3. The summed E-state index contributed by atoms with van der Waals surface area (Å²) >= 11 is 7.03. The minimum Gasteiger partial charge on any atom is -0.494 e. The molecule has 8 heteroatoms. The Morgan fingerprint density at radius 3 is 2.40 bits per heavy atom. The van der Waals surface area contributed by atoms with Crippen molar-refractivity contribution < 1.29 is 14.3 Å². The van der Waals surface area contributed by atoms with Crippen molar-refractivity contribution in [3.05, 3.63) is 69.7 Å². The number of hydrogen-bond donors (Lipinski definition) is 1. The highest BCUT2D eigenvalue weighted by molar-refractivity contribution is 8.04. The fraction of sp³-hybridized carbons (Fsp3) is 0.227. The first-order valence-electron chi connectivity index (χ1n) is 9.38. The highest BCUT2D eigenvalue weighted by atomic mass is 35.5. The Morgan fingerprint density at radius 1 is 1.13 bits per heavy atom. The van der Waals surface area contributed by atoms with Crippen LogP contribution in [0, 0.1) is 17.2 Å². The number of anilines is 1. The van der Waals surface area contributed by atoms with Gasteiger partial charge in [0.25, 0.3) is 0 Å². The molecule has 6 nitrogen and oxygen atoms in total. The third-order valence-electron chi connectivity index (χ3n) is 5.24. The molecule has 2 heterocycles. The average Bonchev–Trinajstić information content (AvgIpc) is 2.98. The molecule has 2 aromatic carbocycles. The van der Waals surface area contributed by atoms with Crippen molar-refractivity contribution >= 4 is 40.9 Å². The summed E-state index contributed by atoms with van der Waals surface area (Å²) in [6, 6.07) is 15.9. The molecule has 1 fully saturated rings. The van der Waals surface area contributed by atoms with Crippen molar-refractivity contribution in [3.8, 4) is 11.8 Å². The number of allylic oxidation sites excluding steroid dienone is 1. The van der Waals surface area contributed by atoms with Gasteiger partial charge in [-0.15, -0.1) is 0 Å². The van der Waals surface area contributed by atoms with Crippen LogP contribution in [0.25, 0.3) is 0 Å². The van der Waals surface area contributed by atoms with Crippen LogP contribution in [0.2, 0.25) is 5.02 Å². The summed E-state index contributed by atoms with van der Waals surface area (Å²) in [5.41, 5.74) is 7.66. The van der Waals surface area contributed by atoms with Gasteiger partial charge in [0.2, 0.25) is 11.8 Å². The second kappa shape index (κ2) is 8.05. The highest BCUT2D eigenvalue weighted by Crippen LogP contribution is 2.50. The molecule has 2 aliphatic rings. The molecule has 2 aromatic rings. The van der Waals surface area contributed by atoms with E-state index in [2.05, 4.69) is 6.07 Å². The maximum Gasteiger partial charge on any atom is 0.248 e. The lowest BCUT2D eigenvalue weighted by Gasteiger charge is -2.30. The number of thioether (sulfide) groups is 1. The van der Waals surface area contributed by atoms with Crippen LogP contribution in [0.15, 0.2) is 59.1 Å². The zero-order chi connectivity index (χ0) is 21.4. The predicted molar refractivity (Wildman–Crippen MR) is 116 cm³/mol. The lowest BCUT2D eigenvalue weighted by molar-refractivity contribution is -0.122. The molecule has 0 saturated carbocycles. The molecule has 2 aliphatic heterocycles. The molecule has 0 spiro atoms. The van der Waals surface area contributed by atoms with E-state index in [1.54, 1.807) is 36.4 Å². The first-order valence-corrected chi connectivity index (χ1v) is 10.6. The van der Waals surface area contributed by atoms with E-state index in [0.29, 0.717) is 28.6 Å². The second-order valence-corrected chi connectivity index (χ2v) is 8.54. The molecule has 0 radical (unpaired) electrons. The molecule has 0 aromatic heterocycles. The van der Waals surface area contributed by atoms with E-state index in [0.717, 1.165) is 17.3 Å². The van der Waals surface area contributed by atoms with Gasteiger partial charge in [-0.25, -0.2) is 4.90 Å². The van der Waals surface area contributed by atoms with Crippen LogP contribution in [-0.2, 0) is 9.59 Å². The standard InChI is InChI=1S/C22H18ClN3O3S/c1-2-29-15-9-3-12(4-10-15)17-16(11-24)20(25)30-19-18(17)21(27)26(22(19)28)14-7-5-13(23)6-8-14/h3-10,17-19H,2,25H2,1H3. The Kier molecular flexibility index (Phi) is 5.46. The molecule has 2 amide bonds. The zero-order valence-corrected chi connectivity index (χ0v) is 17.6. The topological polar surface area (TPSA) is 96.4 Å². The Hall–Kier alpha value is -2.95. The van der Waals surface area contributed by atoms with Crippen LogP contribution in [0.4, 0.5) is 5.69 Å². The molecule has 152 valence electrons. The summed E-state index contributed by atoms with van der Waals surface area (Å²) in [7, 11) is 0. The van der Waals surface area contributed by atoms with E-state index in [9.17, 15) is 14.9 Å². The normalized spacial score (nSPS) is 23.4. The first-order chi connectivity index (χ1) is 14.5. The lowest BCUT2D eigenvalue weighted by atomic mass is 9.79. The van der Waals surface area contributed by atoms with Crippen LogP contribution in [0.3, 0.4) is 0 Å². The van der Waals surface area contributed by atoms with E-state index >= 15 is 0 Å². The number of hydrogen-bond acceptors (Lipinski definition) is 6. The van der Waals surface area contributed by atoms with Gasteiger partial charge in [0.05, 0.1) is 34.9 Å². The van der Waals surface area contributed by atoms with Gasteiger partial charge in [-0.05, 0) is 48.9 Å². The molecular formula is C22H18ClN3O3S. The van der Waals surface area contributed by atoms with Crippen molar-refractivity contribution in [2.75, 3.05) is 11.5 Å². The summed E-state index contributed by atoms with van der Waals surface area (Å²) in [4.78, 5) is 27.8. The van der Waals surface area contributed by atoms with Crippen LogP contribution in [0.5, 0.6) is 5.75 Å². The molecule has 3 atom stereocenters. The monoisotopic (exact) mass is 439 g/mol. The number of rotatable bonds is 4. The third-order valence-corrected chi connectivity index (χ3v) is 6.72. The number of nitrogens with zero attached hydrogens (tertiary/aromatic N) is 2. The van der Waals surface area contributed by atoms with Gasteiger partial charge in [-0.1, -0.05) is 35.5 Å². The van der Waals surface area contributed by atoms with Gasteiger partial charge in [0.15, 0.2) is 0 Å². The Balaban J connectivity index is 1.77. The van der Waals surface area contributed by atoms with Gasteiger partial charge >= 0.3 is 0 Å². The summed E-state index contributed by atoms with van der Waals surface area (Å²) < 4.78 is 5.49. The fourth-order valence-corrected chi connectivity index (χ4v) is 5.25. The van der Waals surface area contributed by atoms with Gasteiger partial charge in [-0.3, -0.25) is 9.59 Å². The number of benzene rings is 2. The number of carbonyl (C=O) groups is 2. The van der Waals surface area contributed by atoms with Crippen molar-refractivity contribution in [2.24, 2.45) is 11.7 Å². The van der Waals surface area contributed by atoms with E-state index in [-0.39, 0.29) is 16.8 Å². The molecule has 2 N–H and O–H groups in total. The number of nitriles is 1. The summed E-state index contributed by atoms with van der Waals surface area (Å²) in [5.74, 6) is -1.33. The minimum atomic E-state index is -0.724. The van der Waals surface area contributed by atoms with Gasteiger partial charge in [-0.2, -0.15) is 5.26 Å². The van der Waals surface area contributed by atoms with Crippen molar-refractivity contribution in [1.29, 1.82) is 5.26 Å². The minimum absolute atomic E-state index is 0.275. The fourth-order valence-electron chi connectivity index (χ4n) is 3.92. The molecule has 4 rings (SSSR count). The van der Waals surface area contributed by atoms with Crippen LogP contribution >= 0.6 is 23.4 Å². The van der Waals surface area contributed by atoms with Crippen molar-refractivity contribution in [2.45, 2.75) is 18.1 Å². The molecule has 0 bridgehead atoms. The summed E-state index contributed by atoms with van der Waals surface area (Å²) in [6.07, 6.45) is 0. The van der Waals surface area contributed by atoms with Gasteiger partial charge in [0, 0.05) is 10.9 Å². The SMILES string of the molecule is CCOc1ccc(C2C(C#N)=C(N)SC3C(=O)N(c4ccc(Cl)cc4)C(=O)C32)cc1. The maximum atomic E-state index is 13.4. The predicted octanol–water partition coefficient (Wildman–Crippen LogP) is 3.82. The van der Waals surface area contributed by atoms with E-state index in [4.69, 9.17) is 22.1 Å². The molecule has 1 saturated heterocycles. The number of nitrogens with two attached hydrogens (primary N) is 1. The average molecular weight is 440 g/mol.